The summed E-state index contributed by atoms with van der Waals surface area (Å²) in [5.74, 6) is -0.360. The van der Waals surface area contributed by atoms with Crippen LogP contribution in [-0.2, 0) is 12.0 Å². The minimum atomic E-state index is -0.320. The first-order chi connectivity index (χ1) is 13.8. The molecule has 0 radical (unpaired) electrons. The van der Waals surface area contributed by atoms with Crippen molar-refractivity contribution < 1.29 is 9.18 Å². The molecule has 3 nitrogen and oxygen atoms in total. The maximum absolute atomic E-state index is 13.3. The molecule has 1 fully saturated rings. The Balaban J connectivity index is 1.74. The van der Waals surface area contributed by atoms with Gasteiger partial charge < -0.3 is 9.80 Å². The minimum absolute atomic E-state index is 0.0399. The Morgan fingerprint density at radius 2 is 1.59 bits per heavy atom. The van der Waals surface area contributed by atoms with Crippen LogP contribution in [0, 0.1) is 5.82 Å². The molecule has 2 aromatic carbocycles. The van der Waals surface area contributed by atoms with Crippen molar-refractivity contribution in [2.75, 3.05) is 26.2 Å². The van der Waals surface area contributed by atoms with Gasteiger partial charge >= 0.3 is 0 Å². The predicted octanol–water partition coefficient (Wildman–Crippen LogP) is 5.25. The largest absolute Gasteiger partial charge is 0.333 e. The first-order valence-electron chi connectivity index (χ1n) is 10.7. The van der Waals surface area contributed by atoms with Crippen molar-refractivity contribution >= 4 is 5.91 Å². The molecule has 0 unspecified atom stereocenters. The number of rotatable bonds is 6. The third-order valence-corrected chi connectivity index (χ3v) is 5.71. The number of piperidine rings is 1. The number of amides is 1. The molecule has 1 amide bonds. The summed E-state index contributed by atoms with van der Waals surface area (Å²) in [6.45, 7) is 10.9. The smallest absolute Gasteiger partial charge is 0.254 e. The number of halogens is 1. The summed E-state index contributed by atoms with van der Waals surface area (Å²) in [5, 5.41) is 0. The Morgan fingerprint density at radius 3 is 2.17 bits per heavy atom. The standard InChI is InChI=1S/C25H33FN2O/c1-25(2,3)22-11-7-20(8-12-22)19-28(18-17-27-15-5-4-6-16-27)24(29)21-9-13-23(26)14-10-21/h7-14H,4-6,15-19H2,1-3H3. The van der Waals surface area contributed by atoms with Gasteiger partial charge in [-0.25, -0.2) is 4.39 Å². The van der Waals surface area contributed by atoms with Crippen molar-refractivity contribution in [2.24, 2.45) is 0 Å². The molecule has 0 aromatic heterocycles. The summed E-state index contributed by atoms with van der Waals surface area (Å²) in [4.78, 5) is 17.5. The topological polar surface area (TPSA) is 23.6 Å². The van der Waals surface area contributed by atoms with Gasteiger partial charge in [0.05, 0.1) is 0 Å². The molecule has 1 heterocycles. The van der Waals surface area contributed by atoms with Crippen LogP contribution in [-0.4, -0.2) is 41.9 Å². The Kier molecular flexibility index (Phi) is 7.07. The van der Waals surface area contributed by atoms with Gasteiger partial charge in [0, 0.05) is 25.2 Å². The highest BCUT2D eigenvalue weighted by atomic mass is 19.1. The molecule has 3 rings (SSSR count). The maximum atomic E-state index is 13.3. The second kappa shape index (κ2) is 9.53. The molecule has 0 N–H and O–H groups in total. The van der Waals surface area contributed by atoms with E-state index in [2.05, 4.69) is 49.9 Å². The molecule has 1 saturated heterocycles. The van der Waals surface area contributed by atoms with Crippen molar-refractivity contribution in [3.05, 3.63) is 71.0 Å². The fourth-order valence-electron chi connectivity index (χ4n) is 3.80. The van der Waals surface area contributed by atoms with Crippen molar-refractivity contribution in [3.63, 3.8) is 0 Å². The Hall–Kier alpha value is -2.20. The van der Waals surface area contributed by atoms with Crippen LogP contribution in [0.25, 0.3) is 0 Å². The molecule has 4 heteroatoms. The molecule has 156 valence electrons. The molecule has 2 aromatic rings. The van der Waals surface area contributed by atoms with Gasteiger partial charge in [-0.1, -0.05) is 51.5 Å². The first-order valence-corrected chi connectivity index (χ1v) is 10.7. The van der Waals surface area contributed by atoms with Crippen LogP contribution in [0.4, 0.5) is 4.39 Å². The zero-order valence-corrected chi connectivity index (χ0v) is 18.0. The third-order valence-electron chi connectivity index (χ3n) is 5.71. The zero-order chi connectivity index (χ0) is 20.9. The quantitative estimate of drug-likeness (QED) is 0.666. The average Bonchev–Trinajstić information content (AvgIpc) is 2.71. The molecule has 0 aliphatic carbocycles. The van der Waals surface area contributed by atoms with Gasteiger partial charge in [-0.15, -0.1) is 0 Å². The van der Waals surface area contributed by atoms with Crippen LogP contribution in [0.3, 0.4) is 0 Å². The van der Waals surface area contributed by atoms with Crippen molar-refractivity contribution in [2.45, 2.75) is 52.0 Å². The molecule has 1 aliphatic heterocycles. The van der Waals surface area contributed by atoms with Gasteiger partial charge in [0.15, 0.2) is 0 Å². The van der Waals surface area contributed by atoms with E-state index in [1.165, 1.54) is 37.0 Å². The lowest BCUT2D eigenvalue weighted by Gasteiger charge is -2.30. The summed E-state index contributed by atoms with van der Waals surface area (Å²) in [7, 11) is 0. The number of hydrogen-bond acceptors (Lipinski definition) is 2. The van der Waals surface area contributed by atoms with Crippen molar-refractivity contribution in [1.82, 2.24) is 9.80 Å². The highest BCUT2D eigenvalue weighted by Gasteiger charge is 2.19. The zero-order valence-electron chi connectivity index (χ0n) is 18.0. The van der Waals surface area contributed by atoms with Crippen molar-refractivity contribution in [1.29, 1.82) is 0 Å². The van der Waals surface area contributed by atoms with E-state index in [0.29, 0.717) is 18.7 Å². The van der Waals surface area contributed by atoms with Crippen LogP contribution in [0.1, 0.15) is 61.5 Å². The number of carbonyl (C=O) groups is 1. The Morgan fingerprint density at radius 1 is 0.966 bits per heavy atom. The van der Waals surface area contributed by atoms with Crippen LogP contribution < -0.4 is 0 Å². The second-order valence-electron chi connectivity index (χ2n) is 9.08. The fraction of sp³-hybridized carbons (Fsp3) is 0.480. The van der Waals surface area contributed by atoms with Gasteiger partial charge in [-0.3, -0.25) is 4.79 Å². The van der Waals surface area contributed by atoms with E-state index in [0.717, 1.165) is 25.2 Å². The normalized spacial score (nSPS) is 15.3. The molecule has 0 atom stereocenters. The molecule has 29 heavy (non-hydrogen) atoms. The molecule has 1 aliphatic rings. The lowest BCUT2D eigenvalue weighted by atomic mass is 9.87. The summed E-state index contributed by atoms with van der Waals surface area (Å²) in [6.07, 6.45) is 3.77. The fourth-order valence-corrected chi connectivity index (χ4v) is 3.80. The number of likely N-dealkylation sites (tertiary alicyclic amines) is 1. The minimum Gasteiger partial charge on any atom is -0.333 e. The molecule has 0 spiro atoms. The second-order valence-corrected chi connectivity index (χ2v) is 9.08. The van der Waals surface area contributed by atoms with Crippen LogP contribution in [0.5, 0.6) is 0 Å². The first kappa shape index (κ1) is 21.5. The monoisotopic (exact) mass is 396 g/mol. The van der Waals surface area contributed by atoms with Gasteiger partial charge in [0.2, 0.25) is 0 Å². The average molecular weight is 397 g/mol. The predicted molar refractivity (Wildman–Crippen MR) is 117 cm³/mol. The number of hydrogen-bond donors (Lipinski definition) is 0. The van der Waals surface area contributed by atoms with Gasteiger partial charge in [-0.05, 0) is 66.7 Å². The SMILES string of the molecule is CC(C)(C)c1ccc(CN(CCN2CCCCC2)C(=O)c2ccc(F)cc2)cc1. The van der Waals surface area contributed by atoms with Gasteiger partial charge in [0.25, 0.3) is 5.91 Å². The van der Waals surface area contributed by atoms with Crippen LogP contribution in [0.15, 0.2) is 48.5 Å². The lowest BCUT2D eigenvalue weighted by molar-refractivity contribution is 0.0715. The highest BCUT2D eigenvalue weighted by molar-refractivity contribution is 5.94. The summed E-state index contributed by atoms with van der Waals surface area (Å²) in [6, 6.07) is 14.4. The summed E-state index contributed by atoms with van der Waals surface area (Å²) >= 11 is 0. The van der Waals surface area contributed by atoms with E-state index in [1.807, 2.05) is 4.90 Å². The molecule has 0 bridgehead atoms. The van der Waals surface area contributed by atoms with E-state index in [9.17, 15) is 9.18 Å². The highest BCUT2D eigenvalue weighted by Crippen LogP contribution is 2.23. The summed E-state index contributed by atoms with van der Waals surface area (Å²) in [5.41, 5.74) is 3.05. The number of carbonyl (C=O) groups excluding carboxylic acids is 1. The van der Waals surface area contributed by atoms with Crippen LogP contribution >= 0.6 is 0 Å². The number of nitrogens with zero attached hydrogens (tertiary/aromatic N) is 2. The van der Waals surface area contributed by atoms with E-state index in [1.54, 1.807) is 12.1 Å². The number of benzene rings is 2. The Bertz CT molecular complexity index is 787. The molecular formula is C25H33FN2O. The maximum Gasteiger partial charge on any atom is 0.254 e. The van der Waals surface area contributed by atoms with Crippen molar-refractivity contribution in [3.8, 4) is 0 Å². The van der Waals surface area contributed by atoms with Gasteiger partial charge in [-0.2, -0.15) is 0 Å². The van der Waals surface area contributed by atoms with E-state index in [4.69, 9.17) is 0 Å². The van der Waals surface area contributed by atoms with E-state index < -0.39 is 0 Å². The summed E-state index contributed by atoms with van der Waals surface area (Å²) < 4.78 is 13.3. The van der Waals surface area contributed by atoms with Crippen LogP contribution in [0.2, 0.25) is 0 Å². The van der Waals surface area contributed by atoms with E-state index in [-0.39, 0.29) is 17.1 Å². The third kappa shape index (κ3) is 6.14. The van der Waals surface area contributed by atoms with E-state index >= 15 is 0 Å². The Labute approximate surface area is 174 Å². The molecular weight excluding hydrogens is 363 g/mol. The van der Waals surface area contributed by atoms with Gasteiger partial charge in [0.1, 0.15) is 5.82 Å². The molecule has 0 saturated carbocycles. The lowest BCUT2D eigenvalue weighted by Crippen LogP contribution is -2.40.